The van der Waals surface area contributed by atoms with Crippen molar-refractivity contribution >= 4 is 15.6 Å². The van der Waals surface area contributed by atoms with Crippen LogP contribution in [0.2, 0.25) is 0 Å². The summed E-state index contributed by atoms with van der Waals surface area (Å²) in [6, 6.07) is 0. The minimum atomic E-state index is -4.66. The van der Waals surface area contributed by atoms with Crippen molar-refractivity contribution in [3.63, 3.8) is 0 Å². The summed E-state index contributed by atoms with van der Waals surface area (Å²) in [6.45, 7) is 1.06. The summed E-state index contributed by atoms with van der Waals surface area (Å²) in [5.41, 5.74) is 0.0237. The van der Waals surface area contributed by atoms with Gasteiger partial charge in [-0.05, 0) is 0 Å². The van der Waals surface area contributed by atoms with Crippen molar-refractivity contribution < 1.29 is 46.7 Å². The Balaban J connectivity index is 1.69. The number of rotatable bonds is 6. The second-order valence-corrected chi connectivity index (χ2v) is 10.6. The maximum absolute atomic E-state index is 11.0. The molecule has 0 radical (unpaired) electrons. The van der Waals surface area contributed by atoms with Crippen LogP contribution in [0.3, 0.4) is 0 Å². The van der Waals surface area contributed by atoms with Gasteiger partial charge in [0.25, 0.3) is 0 Å². The van der Waals surface area contributed by atoms with E-state index < -0.39 is 15.6 Å². The van der Waals surface area contributed by atoms with Crippen LogP contribution in [0.1, 0.15) is 25.7 Å². The lowest BCUT2D eigenvalue weighted by atomic mass is 9.80. The zero-order valence-corrected chi connectivity index (χ0v) is 15.7. The first-order chi connectivity index (χ1) is 10.7. The average Bonchev–Trinajstić information content (AvgIpc) is 3.20. The first-order valence-electron chi connectivity index (χ1n) is 7.84. The first kappa shape index (κ1) is 18.9. The van der Waals surface area contributed by atoms with Crippen LogP contribution in [0.15, 0.2) is 0 Å². The monoisotopic (exact) mass is 388 g/mol. The third-order valence-corrected chi connectivity index (χ3v) is 7.33. The topological polar surface area (TPSA) is 134 Å². The molecule has 1 aliphatic carbocycles. The number of hydrogen-bond acceptors (Lipinski definition) is 4. The van der Waals surface area contributed by atoms with Gasteiger partial charge >= 0.3 is 15.6 Å². The minimum absolute atomic E-state index is 0.0345. The Morgan fingerprint density at radius 1 is 0.833 bits per heavy atom. The first-order valence-corrected chi connectivity index (χ1v) is 10.9. The van der Waals surface area contributed by atoms with Gasteiger partial charge in [-0.25, -0.2) is 18.2 Å². The van der Waals surface area contributed by atoms with Crippen molar-refractivity contribution in [3.8, 4) is 0 Å². The van der Waals surface area contributed by atoms with E-state index >= 15 is 0 Å². The van der Waals surface area contributed by atoms with E-state index in [4.69, 9.17) is 19.6 Å². The quantitative estimate of drug-likeness (QED) is 0.286. The summed E-state index contributed by atoms with van der Waals surface area (Å²) in [6.07, 6.45) is 3.66. The molecule has 0 aromatic carbocycles. The molecule has 12 heteroatoms. The molecule has 2 saturated heterocycles. The normalized spacial score (nSPS) is 36.9. The van der Waals surface area contributed by atoms with Crippen molar-refractivity contribution in [2.24, 2.45) is 0 Å². The van der Waals surface area contributed by atoms with E-state index in [-0.39, 0.29) is 29.0 Å². The predicted molar refractivity (Wildman–Crippen MR) is 82.0 cm³/mol. The Bertz CT molecular complexity index is 593. The van der Waals surface area contributed by atoms with Gasteiger partial charge in [-0.2, -0.15) is 0 Å². The molecule has 0 bridgehead atoms. The summed E-state index contributed by atoms with van der Waals surface area (Å²) in [7, 11) is -4.92. The molecule has 3 rings (SSSR count). The van der Waals surface area contributed by atoms with E-state index in [1.165, 1.54) is 0 Å². The van der Waals surface area contributed by atoms with E-state index in [1.54, 1.807) is 0 Å². The third kappa shape index (κ3) is 3.38. The zero-order valence-electron chi connectivity index (χ0n) is 13.9. The van der Waals surface area contributed by atoms with Crippen molar-refractivity contribution in [3.05, 3.63) is 0 Å². The molecule has 2 heterocycles. The van der Waals surface area contributed by atoms with E-state index in [0.717, 1.165) is 36.7 Å². The largest absolute Gasteiger partial charge is 0.474 e. The van der Waals surface area contributed by atoms with Gasteiger partial charge in [-0.1, -0.05) is 0 Å². The fourth-order valence-electron chi connectivity index (χ4n) is 4.58. The van der Waals surface area contributed by atoms with Gasteiger partial charge in [0.1, 0.15) is 18.6 Å². The second-order valence-electron chi connectivity index (χ2n) is 8.09. The molecule has 3 aliphatic rings. The Kier molecular flexibility index (Phi) is 4.20. The fourth-order valence-corrected chi connectivity index (χ4v) is 5.32. The Morgan fingerprint density at radius 3 is 1.54 bits per heavy atom. The molecule has 0 atom stereocenters. The van der Waals surface area contributed by atoms with Crippen molar-refractivity contribution in [1.82, 2.24) is 0 Å². The lowest BCUT2D eigenvalue weighted by molar-refractivity contribution is -0.867. The molecular formula is C12H26N2O8P2+2. The van der Waals surface area contributed by atoms with E-state index in [0.29, 0.717) is 6.54 Å². The number of phosphoric acid groups is 2. The van der Waals surface area contributed by atoms with E-state index in [1.807, 2.05) is 0 Å². The zero-order chi connectivity index (χ0) is 18.1. The fraction of sp³-hybridized carbons (Fsp3) is 1.00. The summed E-state index contributed by atoms with van der Waals surface area (Å²) >= 11 is 0. The highest BCUT2D eigenvalue weighted by Crippen LogP contribution is 2.61. The molecule has 2 spiro atoms. The molecule has 140 valence electrons. The van der Waals surface area contributed by atoms with Crippen LogP contribution in [0, 0.1) is 0 Å². The van der Waals surface area contributed by atoms with Gasteiger partial charge in [0.2, 0.25) is 0 Å². The number of nitrogens with zero attached hydrogens (tertiary/aromatic N) is 2. The Morgan fingerprint density at radius 2 is 1.21 bits per heavy atom. The minimum Gasteiger partial charge on any atom is -0.314 e. The smallest absolute Gasteiger partial charge is 0.314 e. The number of phosphoric ester groups is 2. The van der Waals surface area contributed by atoms with Gasteiger partial charge in [0.15, 0.2) is 19.0 Å². The van der Waals surface area contributed by atoms with Crippen molar-refractivity contribution in [2.75, 3.05) is 40.6 Å². The van der Waals surface area contributed by atoms with Gasteiger partial charge in [-0.15, -0.1) is 0 Å². The number of likely N-dealkylation sites (N-methyl/N-ethyl adjacent to an activating group) is 1. The SMILES string of the molecule is C[N+]1(C)CC12CCC1(CC2)C[N+]1(COP(=O)(O)O)COP(=O)(O)O. The van der Waals surface area contributed by atoms with Crippen LogP contribution in [0.4, 0.5) is 0 Å². The number of hydrogen-bond donors (Lipinski definition) is 4. The Hall–Kier alpha value is 0.140. The van der Waals surface area contributed by atoms with Crippen molar-refractivity contribution in [1.29, 1.82) is 0 Å². The Labute approximate surface area is 140 Å². The average molecular weight is 388 g/mol. The van der Waals surface area contributed by atoms with Gasteiger partial charge in [0, 0.05) is 25.7 Å². The molecule has 24 heavy (non-hydrogen) atoms. The van der Waals surface area contributed by atoms with E-state index in [9.17, 15) is 9.13 Å². The second kappa shape index (κ2) is 5.33. The summed E-state index contributed by atoms with van der Waals surface area (Å²) in [5.74, 6) is 0. The third-order valence-electron chi connectivity index (χ3n) is 6.43. The van der Waals surface area contributed by atoms with Gasteiger partial charge < -0.3 is 24.1 Å². The molecule has 10 nitrogen and oxygen atoms in total. The molecule has 0 aromatic heterocycles. The van der Waals surface area contributed by atoms with Crippen LogP contribution in [-0.4, -0.2) is 80.3 Å². The predicted octanol–water partition coefficient (Wildman–Crippen LogP) is 0.0920. The standard InChI is InChI=1S/C12H24N2O8P2/c1-13(2)7-11(13)3-5-12(6-4-11)8-14(12,9-21-23(15,16)17)10-22-24(18,19)20/h3-10H2,1-2H3,(H2-2,15,16,17,18,19,20)/p+2. The highest BCUT2D eigenvalue weighted by molar-refractivity contribution is 7.46. The number of quaternary nitrogens is 2. The summed E-state index contributed by atoms with van der Waals surface area (Å²) in [4.78, 5) is 35.9. The molecule has 3 fully saturated rings. The molecule has 4 N–H and O–H groups in total. The lowest BCUT2D eigenvalue weighted by Gasteiger charge is -2.32. The highest BCUT2D eigenvalue weighted by Gasteiger charge is 2.76. The molecule has 1 saturated carbocycles. The molecule has 2 aliphatic heterocycles. The highest BCUT2D eigenvalue weighted by atomic mass is 31.2. The summed E-state index contributed by atoms with van der Waals surface area (Å²) in [5, 5.41) is 0. The molecular weight excluding hydrogens is 362 g/mol. The molecule has 0 aromatic rings. The maximum Gasteiger partial charge on any atom is 0.474 e. The van der Waals surface area contributed by atoms with Crippen LogP contribution in [0.5, 0.6) is 0 Å². The van der Waals surface area contributed by atoms with Crippen LogP contribution < -0.4 is 0 Å². The lowest BCUT2D eigenvalue weighted by Crippen LogP contribution is -2.44. The molecule has 0 unspecified atom stereocenters. The van der Waals surface area contributed by atoms with E-state index in [2.05, 4.69) is 23.1 Å². The van der Waals surface area contributed by atoms with Crippen LogP contribution in [0.25, 0.3) is 0 Å². The maximum atomic E-state index is 11.0. The van der Waals surface area contributed by atoms with Crippen LogP contribution in [-0.2, 0) is 18.2 Å². The van der Waals surface area contributed by atoms with Crippen LogP contribution >= 0.6 is 15.6 Å². The molecule has 0 amide bonds. The van der Waals surface area contributed by atoms with Gasteiger partial charge in [0.05, 0.1) is 14.1 Å². The van der Waals surface area contributed by atoms with Crippen molar-refractivity contribution in [2.45, 2.75) is 36.8 Å². The van der Waals surface area contributed by atoms with Gasteiger partial charge in [-0.3, -0.25) is 4.48 Å². The summed E-state index contributed by atoms with van der Waals surface area (Å²) < 4.78 is 32.4.